The SMILES string of the molecule is C(=NN(Cc1ccccc1)c1ccccc1)c1ccc2ccc3cccc4ccc1c2c34. The van der Waals surface area contributed by atoms with Crippen LogP contribution in [0.1, 0.15) is 11.1 Å². The van der Waals surface area contributed by atoms with E-state index in [1.165, 1.54) is 37.9 Å². The second-order valence-corrected chi connectivity index (χ2v) is 8.13. The molecule has 6 rings (SSSR count). The summed E-state index contributed by atoms with van der Waals surface area (Å²) in [7, 11) is 0. The molecule has 0 N–H and O–H groups in total. The zero-order valence-corrected chi connectivity index (χ0v) is 17.6. The summed E-state index contributed by atoms with van der Waals surface area (Å²) in [6.07, 6.45) is 2.00. The van der Waals surface area contributed by atoms with Gasteiger partial charge in [-0.15, -0.1) is 0 Å². The van der Waals surface area contributed by atoms with E-state index in [0.29, 0.717) is 6.54 Å². The predicted molar refractivity (Wildman–Crippen MR) is 137 cm³/mol. The molecule has 0 heterocycles. The molecule has 152 valence electrons. The highest BCUT2D eigenvalue weighted by molar-refractivity contribution is 6.25. The van der Waals surface area contributed by atoms with Gasteiger partial charge >= 0.3 is 0 Å². The van der Waals surface area contributed by atoms with Crippen LogP contribution in [0.5, 0.6) is 0 Å². The Morgan fingerprint density at radius 2 is 1.19 bits per heavy atom. The molecule has 0 fully saturated rings. The van der Waals surface area contributed by atoms with Gasteiger partial charge in [0.05, 0.1) is 18.4 Å². The molecular weight excluding hydrogens is 388 g/mol. The van der Waals surface area contributed by atoms with Crippen molar-refractivity contribution in [2.24, 2.45) is 5.10 Å². The number of hydrogen-bond donors (Lipinski definition) is 0. The van der Waals surface area contributed by atoms with E-state index in [0.717, 1.165) is 11.3 Å². The highest BCUT2D eigenvalue weighted by Crippen LogP contribution is 2.35. The van der Waals surface area contributed by atoms with Crippen LogP contribution in [0, 0.1) is 0 Å². The highest BCUT2D eigenvalue weighted by atomic mass is 15.4. The lowest BCUT2D eigenvalue weighted by molar-refractivity contribution is 0.859. The zero-order valence-electron chi connectivity index (χ0n) is 17.6. The Labute approximate surface area is 187 Å². The first-order chi connectivity index (χ1) is 15.9. The second kappa shape index (κ2) is 7.82. The standard InChI is InChI=1S/C30H22N2/c1-3-8-22(9-4-1)21-32(27-12-5-2-6-13-27)31-20-26-17-16-25-15-14-23-10-7-11-24-18-19-28(26)30(25)29(23)24/h1-20H,21H2. The maximum atomic E-state index is 4.95. The van der Waals surface area contributed by atoms with Gasteiger partial charge in [0.15, 0.2) is 0 Å². The van der Waals surface area contributed by atoms with E-state index in [1.807, 2.05) is 18.3 Å². The number of hydrazone groups is 1. The Balaban J connectivity index is 1.46. The summed E-state index contributed by atoms with van der Waals surface area (Å²) in [5.41, 5.74) is 3.43. The minimum absolute atomic E-state index is 0.715. The van der Waals surface area contributed by atoms with Crippen molar-refractivity contribution < 1.29 is 0 Å². The third-order valence-electron chi connectivity index (χ3n) is 6.13. The topological polar surface area (TPSA) is 15.6 Å². The summed E-state index contributed by atoms with van der Waals surface area (Å²) in [5.74, 6) is 0. The molecule has 0 spiro atoms. The maximum Gasteiger partial charge on any atom is 0.0666 e. The molecule has 0 aliphatic carbocycles. The molecule has 0 aliphatic heterocycles. The van der Waals surface area contributed by atoms with Gasteiger partial charge in [0.2, 0.25) is 0 Å². The molecule has 0 radical (unpaired) electrons. The van der Waals surface area contributed by atoms with Gasteiger partial charge in [0, 0.05) is 5.56 Å². The first-order valence-electron chi connectivity index (χ1n) is 10.9. The molecule has 6 aromatic rings. The van der Waals surface area contributed by atoms with E-state index in [9.17, 15) is 0 Å². The van der Waals surface area contributed by atoms with Crippen molar-refractivity contribution >= 4 is 44.2 Å². The van der Waals surface area contributed by atoms with Crippen LogP contribution >= 0.6 is 0 Å². The number of nitrogens with zero attached hydrogens (tertiary/aromatic N) is 2. The minimum Gasteiger partial charge on any atom is -0.261 e. The normalized spacial score (nSPS) is 11.8. The van der Waals surface area contributed by atoms with Crippen LogP contribution in [0.3, 0.4) is 0 Å². The summed E-state index contributed by atoms with van der Waals surface area (Å²) in [6, 6.07) is 40.6. The van der Waals surface area contributed by atoms with Crippen molar-refractivity contribution in [1.29, 1.82) is 0 Å². The van der Waals surface area contributed by atoms with Crippen LogP contribution in [-0.2, 0) is 6.54 Å². The Bertz CT molecular complexity index is 1520. The Hall–Kier alpha value is -4.17. The van der Waals surface area contributed by atoms with E-state index >= 15 is 0 Å². The maximum absolute atomic E-state index is 4.95. The van der Waals surface area contributed by atoms with Gasteiger partial charge in [-0.1, -0.05) is 103 Å². The fourth-order valence-corrected chi connectivity index (χ4v) is 4.56. The van der Waals surface area contributed by atoms with Crippen LogP contribution in [-0.4, -0.2) is 6.21 Å². The number of para-hydroxylation sites is 1. The number of hydrogen-bond acceptors (Lipinski definition) is 2. The Kier molecular flexibility index (Phi) is 4.54. The molecule has 0 amide bonds. The second-order valence-electron chi connectivity index (χ2n) is 8.13. The molecule has 0 atom stereocenters. The third-order valence-corrected chi connectivity index (χ3v) is 6.13. The summed E-state index contributed by atoms with van der Waals surface area (Å²) in [5, 5.41) is 14.7. The molecule has 2 nitrogen and oxygen atoms in total. The van der Waals surface area contributed by atoms with Crippen molar-refractivity contribution in [2.45, 2.75) is 6.54 Å². The van der Waals surface area contributed by atoms with Crippen molar-refractivity contribution in [3.8, 4) is 0 Å². The quantitative estimate of drug-likeness (QED) is 0.162. The first kappa shape index (κ1) is 18.6. The zero-order chi connectivity index (χ0) is 21.3. The van der Waals surface area contributed by atoms with Crippen LogP contribution in [0.15, 0.2) is 120 Å². The van der Waals surface area contributed by atoms with Crippen molar-refractivity contribution in [2.75, 3.05) is 5.01 Å². The lowest BCUT2D eigenvalue weighted by Crippen LogP contribution is -2.16. The molecule has 0 saturated carbocycles. The highest BCUT2D eigenvalue weighted by Gasteiger charge is 2.11. The van der Waals surface area contributed by atoms with Crippen LogP contribution < -0.4 is 5.01 Å². The van der Waals surface area contributed by atoms with Gasteiger partial charge in [-0.05, 0) is 50.0 Å². The number of anilines is 1. The molecule has 0 aliphatic rings. The fourth-order valence-electron chi connectivity index (χ4n) is 4.56. The molecule has 0 aromatic heterocycles. The van der Waals surface area contributed by atoms with Crippen molar-refractivity contribution in [1.82, 2.24) is 0 Å². The van der Waals surface area contributed by atoms with E-state index in [4.69, 9.17) is 5.10 Å². The summed E-state index contributed by atoms with van der Waals surface area (Å²) < 4.78 is 0. The lowest BCUT2D eigenvalue weighted by Gasteiger charge is -2.19. The third kappa shape index (κ3) is 3.27. The van der Waals surface area contributed by atoms with Gasteiger partial charge < -0.3 is 0 Å². The minimum atomic E-state index is 0.715. The van der Waals surface area contributed by atoms with Gasteiger partial charge in [-0.25, -0.2) is 0 Å². The van der Waals surface area contributed by atoms with Crippen molar-refractivity contribution in [3.05, 3.63) is 126 Å². The van der Waals surface area contributed by atoms with E-state index in [1.54, 1.807) is 0 Å². The van der Waals surface area contributed by atoms with E-state index < -0.39 is 0 Å². The van der Waals surface area contributed by atoms with Crippen LogP contribution in [0.2, 0.25) is 0 Å². The molecular formula is C30H22N2. The summed E-state index contributed by atoms with van der Waals surface area (Å²) in [6.45, 7) is 0.715. The monoisotopic (exact) mass is 410 g/mol. The van der Waals surface area contributed by atoms with Gasteiger partial charge in [-0.2, -0.15) is 5.10 Å². The van der Waals surface area contributed by atoms with Gasteiger partial charge in [0.1, 0.15) is 0 Å². The average molecular weight is 411 g/mol. The van der Waals surface area contributed by atoms with Gasteiger partial charge in [-0.3, -0.25) is 5.01 Å². The van der Waals surface area contributed by atoms with Crippen LogP contribution in [0.4, 0.5) is 5.69 Å². The molecule has 0 unspecified atom stereocenters. The van der Waals surface area contributed by atoms with Crippen molar-refractivity contribution in [3.63, 3.8) is 0 Å². The summed E-state index contributed by atoms with van der Waals surface area (Å²) >= 11 is 0. The van der Waals surface area contributed by atoms with E-state index in [-0.39, 0.29) is 0 Å². The first-order valence-corrected chi connectivity index (χ1v) is 10.9. The smallest absolute Gasteiger partial charge is 0.0666 e. The fraction of sp³-hybridized carbons (Fsp3) is 0.0333. The molecule has 0 saturated heterocycles. The number of benzene rings is 6. The number of rotatable bonds is 5. The van der Waals surface area contributed by atoms with Gasteiger partial charge in [0.25, 0.3) is 0 Å². The lowest BCUT2D eigenvalue weighted by atomic mass is 9.92. The largest absolute Gasteiger partial charge is 0.261 e. The molecule has 32 heavy (non-hydrogen) atoms. The molecule has 0 bridgehead atoms. The van der Waals surface area contributed by atoms with Crippen LogP contribution in [0.25, 0.3) is 32.3 Å². The predicted octanol–water partition coefficient (Wildman–Crippen LogP) is 7.62. The molecule has 6 aromatic carbocycles. The average Bonchev–Trinajstić information content (AvgIpc) is 2.86. The van der Waals surface area contributed by atoms with E-state index in [2.05, 4.69) is 108 Å². The molecule has 2 heteroatoms. The summed E-state index contributed by atoms with van der Waals surface area (Å²) in [4.78, 5) is 0. The Morgan fingerprint density at radius 1 is 0.562 bits per heavy atom. The Morgan fingerprint density at radius 3 is 1.94 bits per heavy atom.